The van der Waals surface area contributed by atoms with Crippen molar-refractivity contribution in [1.29, 1.82) is 10.7 Å². The van der Waals surface area contributed by atoms with Crippen LogP contribution in [0.1, 0.15) is 66.8 Å². The van der Waals surface area contributed by atoms with Gasteiger partial charge in [-0.15, -0.1) is 0 Å². The highest BCUT2D eigenvalue weighted by molar-refractivity contribution is 6.32. The maximum Gasteiger partial charge on any atom is 0.321 e. The molecule has 8 rings (SSSR count). The summed E-state index contributed by atoms with van der Waals surface area (Å²) in [6.07, 6.45) is 8.08. The van der Waals surface area contributed by atoms with Gasteiger partial charge in [0.15, 0.2) is 0 Å². The maximum atomic E-state index is 12.4. The van der Waals surface area contributed by atoms with E-state index in [1.165, 1.54) is 12.4 Å². The number of ether oxygens (including phenoxy) is 4. The van der Waals surface area contributed by atoms with E-state index >= 15 is 0 Å². The summed E-state index contributed by atoms with van der Waals surface area (Å²) in [5.41, 5.74) is 11.2. The summed E-state index contributed by atoms with van der Waals surface area (Å²) in [6, 6.07) is 41.5. The number of rotatable bonds is 26. The molecule has 396 valence electrons. The minimum atomic E-state index is -0.996. The molecular weight excluding hydrogens is 1030 g/mol. The molecule has 0 aliphatic heterocycles. The minimum absolute atomic E-state index is 0.0769. The van der Waals surface area contributed by atoms with Crippen LogP contribution in [0.25, 0.3) is 11.1 Å². The van der Waals surface area contributed by atoms with Crippen LogP contribution < -0.4 is 29.6 Å². The molecule has 0 saturated carbocycles. The van der Waals surface area contributed by atoms with Crippen LogP contribution >= 0.6 is 23.2 Å². The Labute approximate surface area is 462 Å². The van der Waals surface area contributed by atoms with E-state index in [0.717, 1.165) is 50.1 Å². The van der Waals surface area contributed by atoms with Crippen molar-refractivity contribution in [3.05, 3.63) is 235 Å². The predicted molar refractivity (Wildman–Crippen MR) is 299 cm³/mol. The summed E-state index contributed by atoms with van der Waals surface area (Å²) in [6.45, 7) is 4.87. The number of carboxylic acid groups (broad SMARTS) is 2. The zero-order chi connectivity index (χ0) is 55.0. The Morgan fingerprint density at radius 3 is 1.46 bits per heavy atom. The molecule has 0 radical (unpaired) electrons. The van der Waals surface area contributed by atoms with Crippen molar-refractivity contribution in [2.45, 2.75) is 78.3 Å². The van der Waals surface area contributed by atoms with E-state index in [1.54, 1.807) is 55.0 Å². The van der Waals surface area contributed by atoms with Crippen molar-refractivity contribution in [2.75, 3.05) is 0 Å². The van der Waals surface area contributed by atoms with Crippen molar-refractivity contribution < 1.29 is 38.7 Å². The number of hydrogen-bond donors (Lipinski definition) is 5. The molecule has 8 aromatic rings. The van der Waals surface area contributed by atoms with Gasteiger partial charge in [-0.3, -0.25) is 30.2 Å². The maximum absolute atomic E-state index is 12.4. The first-order valence-electron chi connectivity index (χ1n) is 25.0. The number of hydrogen-bond acceptors (Lipinski definition) is 12. The molecule has 2 unspecified atom stereocenters. The number of aromatic nitrogens is 2. The van der Waals surface area contributed by atoms with Crippen molar-refractivity contribution in [3.8, 4) is 40.2 Å². The Hall–Kier alpha value is -8.58. The average Bonchev–Trinajstić information content (AvgIpc) is 3.46. The second-order valence-corrected chi connectivity index (χ2v) is 19.3. The largest absolute Gasteiger partial charge is 0.488 e. The van der Waals surface area contributed by atoms with Crippen molar-refractivity contribution in [1.82, 2.24) is 20.6 Å². The third kappa shape index (κ3) is 14.9. The Kier molecular flexibility index (Phi) is 19.2. The van der Waals surface area contributed by atoms with Gasteiger partial charge in [-0.1, -0.05) is 120 Å². The topological polar surface area (TPSA) is 209 Å². The summed E-state index contributed by atoms with van der Waals surface area (Å²) in [5, 5.41) is 44.3. The Bertz CT molecular complexity index is 3450. The Morgan fingerprint density at radius 2 is 1.01 bits per heavy atom. The van der Waals surface area contributed by atoms with E-state index in [9.17, 15) is 25.1 Å². The summed E-state index contributed by atoms with van der Waals surface area (Å²) >= 11 is 13.8. The van der Waals surface area contributed by atoms with Crippen LogP contribution in [0.15, 0.2) is 158 Å². The molecule has 6 aromatic carbocycles. The molecule has 2 atom stereocenters. The normalized spacial score (nSPS) is 11.7. The molecule has 0 aliphatic rings. The molecule has 0 spiro atoms. The van der Waals surface area contributed by atoms with Crippen LogP contribution in [-0.2, 0) is 61.9 Å². The fraction of sp³-hybridized carbons (Fsp3) is 0.194. The van der Waals surface area contributed by atoms with E-state index in [1.807, 2.05) is 98.8 Å². The van der Waals surface area contributed by atoms with Gasteiger partial charge in [-0.2, -0.15) is 5.26 Å². The predicted octanol–water partition coefficient (Wildman–Crippen LogP) is 11.8. The van der Waals surface area contributed by atoms with Gasteiger partial charge in [0.25, 0.3) is 0 Å². The van der Waals surface area contributed by atoms with Crippen molar-refractivity contribution >= 4 is 41.4 Å². The number of nitriles is 1. The van der Waals surface area contributed by atoms with E-state index in [-0.39, 0.29) is 52.4 Å². The molecule has 0 saturated heterocycles. The second-order valence-electron chi connectivity index (χ2n) is 18.5. The Morgan fingerprint density at radius 1 is 0.564 bits per heavy atom. The van der Waals surface area contributed by atoms with Gasteiger partial charge in [0.05, 0.1) is 15.6 Å². The van der Waals surface area contributed by atoms with Gasteiger partial charge >= 0.3 is 11.9 Å². The number of pyridine rings is 2. The third-order valence-corrected chi connectivity index (χ3v) is 13.7. The zero-order valence-corrected chi connectivity index (χ0v) is 44.4. The lowest BCUT2D eigenvalue weighted by Gasteiger charge is -2.20. The van der Waals surface area contributed by atoms with Gasteiger partial charge in [0, 0.05) is 84.0 Å². The van der Waals surface area contributed by atoms with E-state index in [4.69, 9.17) is 47.6 Å². The lowest BCUT2D eigenvalue weighted by Crippen LogP contribution is -2.38. The molecule has 0 fully saturated rings. The molecule has 78 heavy (non-hydrogen) atoms. The van der Waals surface area contributed by atoms with Crippen LogP contribution in [0.3, 0.4) is 0 Å². The monoisotopic (exact) mass is 1080 g/mol. The quantitative estimate of drug-likeness (QED) is 0.0320. The van der Waals surface area contributed by atoms with E-state index < -0.39 is 24.0 Å². The SMILES string of the molecule is Cc1c(COc2cc(OCc3cncc(C#N)c3)c(CNC(Cc3ccccc3)C(=O)O)cc2Cl)cccc1-c1cccc(COc2cc(OCc3cncc(C=N)c3)c(CNC(Cc3ccccc3)C(=O)O)cc2Cl)c1C. The molecule has 14 nitrogen and oxygen atoms in total. The number of halogens is 2. The standard InChI is InChI=1S/C62H56Cl2N6O8/c1-39-47(37-77-59-25-57(75-35-45-19-43(27-65)29-67-31-45)49(23-53(59)63)33-69-55(61(71)72)21-41-11-5-3-6-12-41)15-9-17-51(39)52-18-10-16-48(40(52)2)38-78-60-26-58(76-36-46-20-44(28-66)30-68-32-46)50(24-54(60)64)34-70-56(62(73)74)22-42-13-7-4-8-14-42/h3-20,23-27,29-32,55-56,65,69-70H,21-22,33-38H2,1-2H3,(H,71,72)(H,73,74). The lowest BCUT2D eigenvalue weighted by molar-refractivity contribution is -0.140. The highest BCUT2D eigenvalue weighted by Crippen LogP contribution is 2.38. The summed E-state index contributed by atoms with van der Waals surface area (Å²) in [7, 11) is 0. The van der Waals surface area contributed by atoms with Crippen LogP contribution in [0, 0.1) is 30.6 Å². The number of nitrogens with one attached hydrogen (secondary N) is 3. The van der Waals surface area contributed by atoms with Gasteiger partial charge < -0.3 is 34.6 Å². The summed E-state index contributed by atoms with van der Waals surface area (Å²) in [5.74, 6) is -0.405. The minimum Gasteiger partial charge on any atom is -0.488 e. The number of nitrogens with zero attached hydrogens (tertiary/aromatic N) is 3. The lowest BCUT2D eigenvalue weighted by atomic mass is 9.92. The highest BCUT2D eigenvalue weighted by atomic mass is 35.5. The number of aliphatic carboxylic acids is 2. The first-order valence-corrected chi connectivity index (χ1v) is 25.7. The molecule has 2 aromatic heterocycles. The van der Waals surface area contributed by atoms with Crippen LogP contribution in [-0.4, -0.2) is 50.4 Å². The number of benzene rings is 6. The summed E-state index contributed by atoms with van der Waals surface area (Å²) < 4.78 is 25.6. The van der Waals surface area contributed by atoms with Crippen LogP contribution in [0.2, 0.25) is 10.0 Å². The number of carboxylic acids is 2. The first-order chi connectivity index (χ1) is 37.8. The smallest absolute Gasteiger partial charge is 0.321 e. The fourth-order valence-electron chi connectivity index (χ4n) is 8.77. The fourth-order valence-corrected chi connectivity index (χ4v) is 9.25. The Balaban J connectivity index is 0.992. The van der Waals surface area contributed by atoms with Crippen molar-refractivity contribution in [2.24, 2.45) is 0 Å². The van der Waals surface area contributed by atoms with Gasteiger partial charge in [0.1, 0.15) is 67.6 Å². The van der Waals surface area contributed by atoms with E-state index in [0.29, 0.717) is 60.9 Å². The van der Waals surface area contributed by atoms with Crippen LogP contribution in [0.4, 0.5) is 0 Å². The van der Waals surface area contributed by atoms with Crippen molar-refractivity contribution in [3.63, 3.8) is 0 Å². The molecule has 0 aliphatic carbocycles. The van der Waals surface area contributed by atoms with E-state index in [2.05, 4.69) is 38.8 Å². The number of carbonyl (C=O) groups is 2. The third-order valence-electron chi connectivity index (χ3n) is 13.1. The van der Waals surface area contributed by atoms with Gasteiger partial charge in [-0.05, 0) is 95.5 Å². The molecular formula is C62H56Cl2N6O8. The van der Waals surface area contributed by atoms with Crippen LogP contribution in [0.5, 0.6) is 23.0 Å². The molecule has 0 amide bonds. The molecule has 0 bridgehead atoms. The summed E-state index contributed by atoms with van der Waals surface area (Å²) in [4.78, 5) is 33.1. The molecule has 2 heterocycles. The highest BCUT2D eigenvalue weighted by Gasteiger charge is 2.22. The first kappa shape index (κ1) is 55.6. The molecule has 5 N–H and O–H groups in total. The zero-order valence-electron chi connectivity index (χ0n) is 42.8. The second kappa shape index (κ2) is 27.0. The average molecular weight is 1080 g/mol. The van der Waals surface area contributed by atoms with Gasteiger partial charge in [0.2, 0.25) is 0 Å². The molecule has 16 heteroatoms. The van der Waals surface area contributed by atoms with Gasteiger partial charge in [-0.25, -0.2) is 0 Å².